The maximum absolute atomic E-state index is 5.41. The van der Waals surface area contributed by atoms with Gasteiger partial charge in [0.25, 0.3) is 0 Å². The van der Waals surface area contributed by atoms with Gasteiger partial charge in [0.15, 0.2) is 0 Å². The van der Waals surface area contributed by atoms with Crippen LogP contribution in [0.5, 0.6) is 0 Å². The first kappa shape index (κ1) is 9.77. The van der Waals surface area contributed by atoms with Gasteiger partial charge in [-0.25, -0.2) is 4.98 Å². The minimum absolute atomic E-state index is 0.134. The first-order chi connectivity index (χ1) is 7.27. The third-order valence-corrected chi connectivity index (χ3v) is 2.32. The third-order valence-electron chi connectivity index (χ3n) is 2.32. The van der Waals surface area contributed by atoms with Crippen LogP contribution in [0.15, 0.2) is 41.1 Å². The molecule has 0 aliphatic carbocycles. The molecular formula is C12H14N2O. The Morgan fingerprint density at radius 3 is 2.80 bits per heavy atom. The Morgan fingerprint density at radius 2 is 2.20 bits per heavy atom. The predicted molar refractivity (Wildman–Crippen MR) is 59.7 cm³/mol. The SMILES string of the molecule is Cc1ccoc1C(C)Nc1ccccn1. The lowest BCUT2D eigenvalue weighted by Crippen LogP contribution is -2.07. The molecule has 0 saturated carbocycles. The predicted octanol–water partition coefficient (Wildman–Crippen LogP) is 3.16. The Kier molecular flexibility index (Phi) is 2.72. The second-order valence-electron chi connectivity index (χ2n) is 3.55. The van der Waals surface area contributed by atoms with Gasteiger partial charge in [-0.3, -0.25) is 0 Å². The number of aryl methyl sites for hydroxylation is 1. The van der Waals surface area contributed by atoms with Gasteiger partial charge >= 0.3 is 0 Å². The summed E-state index contributed by atoms with van der Waals surface area (Å²) in [6.45, 7) is 4.09. The van der Waals surface area contributed by atoms with Gasteiger partial charge in [0, 0.05) is 6.20 Å². The van der Waals surface area contributed by atoms with Gasteiger partial charge < -0.3 is 9.73 Å². The van der Waals surface area contributed by atoms with E-state index in [1.165, 1.54) is 0 Å². The van der Waals surface area contributed by atoms with E-state index in [2.05, 4.69) is 17.2 Å². The summed E-state index contributed by atoms with van der Waals surface area (Å²) in [6.07, 6.45) is 3.48. The van der Waals surface area contributed by atoms with Crippen LogP contribution in [0.2, 0.25) is 0 Å². The van der Waals surface area contributed by atoms with Crippen LogP contribution in [0, 0.1) is 6.92 Å². The van der Waals surface area contributed by atoms with Gasteiger partial charge in [0.1, 0.15) is 11.6 Å². The van der Waals surface area contributed by atoms with Crippen molar-refractivity contribution in [2.24, 2.45) is 0 Å². The summed E-state index contributed by atoms with van der Waals surface area (Å²) >= 11 is 0. The second kappa shape index (κ2) is 4.17. The highest BCUT2D eigenvalue weighted by atomic mass is 16.3. The van der Waals surface area contributed by atoms with Crippen molar-refractivity contribution in [3.05, 3.63) is 48.0 Å². The standard InChI is InChI=1S/C12H14N2O/c1-9-6-8-15-12(9)10(2)14-11-5-3-4-7-13-11/h3-8,10H,1-2H3,(H,13,14). The molecule has 3 heteroatoms. The van der Waals surface area contributed by atoms with Gasteiger partial charge in [0.2, 0.25) is 0 Å². The highest BCUT2D eigenvalue weighted by molar-refractivity contribution is 5.36. The van der Waals surface area contributed by atoms with Gasteiger partial charge in [-0.2, -0.15) is 0 Å². The topological polar surface area (TPSA) is 38.1 Å². The molecule has 1 unspecified atom stereocenters. The number of hydrogen-bond donors (Lipinski definition) is 1. The zero-order valence-corrected chi connectivity index (χ0v) is 8.90. The molecule has 0 bridgehead atoms. The largest absolute Gasteiger partial charge is 0.467 e. The molecule has 0 aliphatic heterocycles. The molecule has 2 aromatic heterocycles. The Morgan fingerprint density at radius 1 is 1.33 bits per heavy atom. The molecule has 2 heterocycles. The lowest BCUT2D eigenvalue weighted by molar-refractivity contribution is 0.487. The van der Waals surface area contributed by atoms with E-state index >= 15 is 0 Å². The average Bonchev–Trinajstić information content (AvgIpc) is 2.66. The molecule has 2 aromatic rings. The average molecular weight is 202 g/mol. The van der Waals surface area contributed by atoms with Crippen LogP contribution in [0.4, 0.5) is 5.82 Å². The van der Waals surface area contributed by atoms with Crippen molar-refractivity contribution in [1.29, 1.82) is 0 Å². The van der Waals surface area contributed by atoms with E-state index < -0.39 is 0 Å². The molecule has 2 rings (SSSR count). The van der Waals surface area contributed by atoms with E-state index in [1.54, 1.807) is 12.5 Å². The molecule has 1 N–H and O–H groups in total. The fraction of sp³-hybridized carbons (Fsp3) is 0.250. The summed E-state index contributed by atoms with van der Waals surface area (Å²) < 4.78 is 5.41. The number of anilines is 1. The zero-order chi connectivity index (χ0) is 10.7. The summed E-state index contributed by atoms with van der Waals surface area (Å²) in [5, 5.41) is 3.28. The van der Waals surface area contributed by atoms with E-state index in [-0.39, 0.29) is 6.04 Å². The van der Waals surface area contributed by atoms with Crippen molar-refractivity contribution >= 4 is 5.82 Å². The van der Waals surface area contributed by atoms with Gasteiger partial charge in [-0.1, -0.05) is 6.07 Å². The summed E-state index contributed by atoms with van der Waals surface area (Å²) in [6, 6.07) is 7.89. The normalized spacial score (nSPS) is 12.4. The van der Waals surface area contributed by atoms with Crippen molar-refractivity contribution in [2.45, 2.75) is 19.9 Å². The third kappa shape index (κ3) is 2.18. The first-order valence-corrected chi connectivity index (χ1v) is 4.99. The number of hydrogen-bond acceptors (Lipinski definition) is 3. The monoisotopic (exact) mass is 202 g/mol. The molecule has 0 spiro atoms. The van der Waals surface area contributed by atoms with Crippen LogP contribution in [0.3, 0.4) is 0 Å². The number of rotatable bonds is 3. The molecule has 0 fully saturated rings. The molecule has 3 nitrogen and oxygen atoms in total. The number of aromatic nitrogens is 1. The fourth-order valence-corrected chi connectivity index (χ4v) is 1.56. The molecule has 0 aromatic carbocycles. The highest BCUT2D eigenvalue weighted by Crippen LogP contribution is 2.21. The van der Waals surface area contributed by atoms with E-state index in [1.807, 2.05) is 31.2 Å². The van der Waals surface area contributed by atoms with Crippen LogP contribution in [-0.2, 0) is 0 Å². The van der Waals surface area contributed by atoms with Crippen molar-refractivity contribution in [1.82, 2.24) is 4.98 Å². The van der Waals surface area contributed by atoms with Crippen molar-refractivity contribution in [2.75, 3.05) is 5.32 Å². The number of furan rings is 1. The second-order valence-corrected chi connectivity index (χ2v) is 3.55. The molecule has 15 heavy (non-hydrogen) atoms. The molecule has 78 valence electrons. The van der Waals surface area contributed by atoms with Crippen molar-refractivity contribution in [3.63, 3.8) is 0 Å². The smallest absolute Gasteiger partial charge is 0.128 e. The van der Waals surface area contributed by atoms with Crippen molar-refractivity contribution < 1.29 is 4.42 Å². The lowest BCUT2D eigenvalue weighted by atomic mass is 10.2. The van der Waals surface area contributed by atoms with E-state index in [4.69, 9.17) is 4.42 Å². The molecule has 0 radical (unpaired) electrons. The summed E-state index contributed by atoms with van der Waals surface area (Å²) in [5.74, 6) is 1.82. The summed E-state index contributed by atoms with van der Waals surface area (Å²) in [7, 11) is 0. The maximum atomic E-state index is 5.41. The molecule has 0 amide bonds. The minimum atomic E-state index is 0.134. The molecule has 0 aliphatic rings. The van der Waals surface area contributed by atoms with Crippen LogP contribution in [0.1, 0.15) is 24.3 Å². The fourth-order valence-electron chi connectivity index (χ4n) is 1.56. The number of nitrogens with one attached hydrogen (secondary N) is 1. The van der Waals surface area contributed by atoms with E-state index in [0.717, 1.165) is 17.1 Å². The molecule has 1 atom stereocenters. The van der Waals surface area contributed by atoms with Gasteiger partial charge in [0.05, 0.1) is 12.3 Å². The Bertz CT molecular complexity index is 422. The van der Waals surface area contributed by atoms with Gasteiger partial charge in [-0.15, -0.1) is 0 Å². The Hall–Kier alpha value is -1.77. The van der Waals surface area contributed by atoms with Crippen molar-refractivity contribution in [3.8, 4) is 0 Å². The van der Waals surface area contributed by atoms with Crippen LogP contribution >= 0.6 is 0 Å². The van der Waals surface area contributed by atoms with E-state index in [9.17, 15) is 0 Å². The van der Waals surface area contributed by atoms with Crippen LogP contribution in [0.25, 0.3) is 0 Å². The Balaban J connectivity index is 2.11. The number of pyridine rings is 1. The zero-order valence-electron chi connectivity index (χ0n) is 8.90. The summed E-state index contributed by atoms with van der Waals surface area (Å²) in [4.78, 5) is 4.21. The number of nitrogens with zero attached hydrogens (tertiary/aromatic N) is 1. The molecule has 0 saturated heterocycles. The molecular weight excluding hydrogens is 188 g/mol. The highest BCUT2D eigenvalue weighted by Gasteiger charge is 2.11. The van der Waals surface area contributed by atoms with Gasteiger partial charge in [-0.05, 0) is 37.6 Å². The van der Waals surface area contributed by atoms with Crippen LogP contribution < -0.4 is 5.32 Å². The summed E-state index contributed by atoms with van der Waals surface area (Å²) in [5.41, 5.74) is 1.16. The van der Waals surface area contributed by atoms with E-state index in [0.29, 0.717) is 0 Å². The maximum Gasteiger partial charge on any atom is 0.128 e. The Labute approximate surface area is 89.1 Å². The quantitative estimate of drug-likeness (QED) is 0.830. The minimum Gasteiger partial charge on any atom is -0.467 e. The lowest BCUT2D eigenvalue weighted by Gasteiger charge is -2.12. The van der Waals surface area contributed by atoms with Crippen LogP contribution in [-0.4, -0.2) is 4.98 Å². The first-order valence-electron chi connectivity index (χ1n) is 4.99.